The van der Waals surface area contributed by atoms with Crippen molar-refractivity contribution in [3.63, 3.8) is 0 Å². The van der Waals surface area contributed by atoms with E-state index in [0.29, 0.717) is 5.70 Å². The summed E-state index contributed by atoms with van der Waals surface area (Å²) in [4.78, 5) is 1.54. The highest BCUT2D eigenvalue weighted by Crippen LogP contribution is 2.47. The van der Waals surface area contributed by atoms with Crippen molar-refractivity contribution in [2.75, 3.05) is 0 Å². The van der Waals surface area contributed by atoms with E-state index in [1.54, 1.807) is 4.80 Å². The first-order chi connectivity index (χ1) is 9.80. The second kappa shape index (κ2) is 4.45. The molecule has 2 aromatic rings. The number of hydrogen-bond acceptors (Lipinski definition) is 3. The van der Waals surface area contributed by atoms with Gasteiger partial charge in [0.05, 0.1) is 0 Å². The SMILES string of the molecule is CC(C)(C)C1(C)C=C(n2nc3ccccc3n2)C(O)=CC1. The van der Waals surface area contributed by atoms with Gasteiger partial charge in [0, 0.05) is 0 Å². The van der Waals surface area contributed by atoms with Gasteiger partial charge in [0.25, 0.3) is 0 Å². The third-order valence-corrected chi connectivity index (χ3v) is 4.65. The van der Waals surface area contributed by atoms with Crippen LogP contribution in [0.15, 0.2) is 42.2 Å². The van der Waals surface area contributed by atoms with Gasteiger partial charge in [-0.15, -0.1) is 15.0 Å². The Balaban J connectivity index is 2.12. The van der Waals surface area contributed by atoms with Crippen LogP contribution in [0.5, 0.6) is 0 Å². The smallest absolute Gasteiger partial charge is 0.138 e. The van der Waals surface area contributed by atoms with Crippen LogP contribution in [0.2, 0.25) is 0 Å². The predicted molar refractivity (Wildman–Crippen MR) is 84.7 cm³/mol. The van der Waals surface area contributed by atoms with E-state index in [-0.39, 0.29) is 16.6 Å². The zero-order valence-electron chi connectivity index (χ0n) is 13.0. The third-order valence-electron chi connectivity index (χ3n) is 4.65. The van der Waals surface area contributed by atoms with E-state index in [1.165, 1.54) is 0 Å². The Labute approximate surface area is 124 Å². The summed E-state index contributed by atoms with van der Waals surface area (Å²) in [6, 6.07) is 7.72. The minimum Gasteiger partial charge on any atom is -0.506 e. The summed E-state index contributed by atoms with van der Waals surface area (Å²) in [5.74, 6) is 0.247. The lowest BCUT2D eigenvalue weighted by molar-refractivity contribution is 0.167. The number of aliphatic hydroxyl groups is 1. The molecule has 1 heterocycles. The highest BCUT2D eigenvalue weighted by atomic mass is 16.3. The van der Waals surface area contributed by atoms with Crippen molar-refractivity contribution in [1.82, 2.24) is 15.0 Å². The molecule has 1 aliphatic carbocycles. The van der Waals surface area contributed by atoms with E-state index >= 15 is 0 Å². The fraction of sp³-hybridized carbons (Fsp3) is 0.412. The summed E-state index contributed by atoms with van der Waals surface area (Å²) < 4.78 is 0. The molecule has 0 spiro atoms. The van der Waals surface area contributed by atoms with Crippen molar-refractivity contribution in [3.8, 4) is 0 Å². The summed E-state index contributed by atoms with van der Waals surface area (Å²) >= 11 is 0. The number of fused-ring (bicyclic) bond motifs is 1. The van der Waals surface area contributed by atoms with E-state index in [1.807, 2.05) is 30.3 Å². The highest BCUT2D eigenvalue weighted by Gasteiger charge is 2.38. The van der Waals surface area contributed by atoms with Crippen LogP contribution >= 0.6 is 0 Å². The van der Waals surface area contributed by atoms with Gasteiger partial charge in [-0.1, -0.05) is 39.8 Å². The molecule has 0 fully saturated rings. The number of benzene rings is 1. The standard InChI is InChI=1S/C17H21N3O/c1-16(2,3)17(4)10-9-15(21)14(11-17)20-18-12-7-5-6-8-13(12)19-20/h5-9,11,21H,10H2,1-4H3. The molecule has 1 aromatic heterocycles. The molecule has 1 aromatic carbocycles. The van der Waals surface area contributed by atoms with E-state index in [9.17, 15) is 5.11 Å². The molecular weight excluding hydrogens is 262 g/mol. The molecule has 110 valence electrons. The Morgan fingerprint density at radius 2 is 1.71 bits per heavy atom. The number of aliphatic hydroxyl groups excluding tert-OH is 1. The molecule has 4 heteroatoms. The number of rotatable bonds is 1. The Hall–Kier alpha value is -2.10. The van der Waals surface area contributed by atoms with Crippen LogP contribution in [0.25, 0.3) is 16.7 Å². The van der Waals surface area contributed by atoms with Crippen LogP contribution in [-0.2, 0) is 0 Å². The van der Waals surface area contributed by atoms with Crippen molar-refractivity contribution in [2.24, 2.45) is 10.8 Å². The summed E-state index contributed by atoms with van der Waals surface area (Å²) in [6.07, 6.45) is 4.78. The molecule has 21 heavy (non-hydrogen) atoms. The van der Waals surface area contributed by atoms with Crippen LogP contribution in [0.4, 0.5) is 0 Å². The summed E-state index contributed by atoms with van der Waals surface area (Å²) in [6.45, 7) is 8.85. The molecule has 0 saturated carbocycles. The molecule has 1 N–H and O–H groups in total. The monoisotopic (exact) mass is 283 g/mol. The van der Waals surface area contributed by atoms with Crippen LogP contribution in [0, 0.1) is 10.8 Å². The van der Waals surface area contributed by atoms with Crippen LogP contribution in [0.3, 0.4) is 0 Å². The minimum absolute atomic E-state index is 0.0472. The maximum atomic E-state index is 10.2. The van der Waals surface area contributed by atoms with Crippen molar-refractivity contribution in [1.29, 1.82) is 0 Å². The Bertz CT molecular complexity index is 716. The largest absolute Gasteiger partial charge is 0.506 e. The van der Waals surface area contributed by atoms with Crippen LogP contribution in [0.1, 0.15) is 34.1 Å². The molecule has 1 unspecified atom stereocenters. The lowest BCUT2D eigenvalue weighted by Crippen LogP contribution is -2.33. The van der Waals surface area contributed by atoms with E-state index in [0.717, 1.165) is 17.5 Å². The maximum absolute atomic E-state index is 10.2. The molecule has 1 aliphatic rings. The number of hydrogen-bond donors (Lipinski definition) is 1. The lowest BCUT2D eigenvalue weighted by Gasteiger charge is -2.41. The third kappa shape index (κ3) is 2.24. The second-order valence-electron chi connectivity index (χ2n) is 6.97. The zero-order valence-corrected chi connectivity index (χ0v) is 13.0. The van der Waals surface area contributed by atoms with Crippen molar-refractivity contribution >= 4 is 16.7 Å². The van der Waals surface area contributed by atoms with Gasteiger partial charge in [-0.3, -0.25) is 0 Å². The first-order valence-corrected chi connectivity index (χ1v) is 7.25. The van der Waals surface area contributed by atoms with Crippen molar-refractivity contribution < 1.29 is 5.11 Å². The molecule has 0 amide bonds. The predicted octanol–water partition coefficient (Wildman–Crippen LogP) is 4.17. The number of aromatic nitrogens is 3. The fourth-order valence-electron chi connectivity index (χ4n) is 2.50. The van der Waals surface area contributed by atoms with E-state index in [2.05, 4.69) is 44.0 Å². The van der Waals surface area contributed by atoms with Gasteiger partial charge in [-0.05, 0) is 41.5 Å². The molecule has 3 rings (SSSR count). The minimum atomic E-state index is -0.0472. The molecular formula is C17H21N3O. The van der Waals surface area contributed by atoms with Gasteiger partial charge >= 0.3 is 0 Å². The topological polar surface area (TPSA) is 50.9 Å². The van der Waals surface area contributed by atoms with Crippen LogP contribution < -0.4 is 0 Å². The maximum Gasteiger partial charge on any atom is 0.138 e. The number of nitrogens with zero attached hydrogens (tertiary/aromatic N) is 3. The van der Waals surface area contributed by atoms with Gasteiger partial charge in [-0.2, -0.15) is 0 Å². The van der Waals surface area contributed by atoms with Gasteiger partial charge in [-0.25, -0.2) is 0 Å². The average Bonchev–Trinajstić information content (AvgIpc) is 2.84. The lowest BCUT2D eigenvalue weighted by atomic mass is 9.64. The van der Waals surface area contributed by atoms with Gasteiger partial charge in [0.1, 0.15) is 22.5 Å². The molecule has 0 aliphatic heterocycles. The van der Waals surface area contributed by atoms with Crippen molar-refractivity contribution in [2.45, 2.75) is 34.1 Å². The summed E-state index contributed by atoms with van der Waals surface area (Å²) in [5.41, 5.74) is 2.36. The Kier molecular flexibility index (Phi) is 2.94. The van der Waals surface area contributed by atoms with Crippen LogP contribution in [-0.4, -0.2) is 20.1 Å². The van der Waals surface area contributed by atoms with Crippen molar-refractivity contribution in [3.05, 3.63) is 42.2 Å². The quantitative estimate of drug-likeness (QED) is 0.854. The molecule has 4 nitrogen and oxygen atoms in total. The zero-order chi connectivity index (χ0) is 15.3. The molecule has 0 bridgehead atoms. The summed E-state index contributed by atoms with van der Waals surface area (Å²) in [5, 5.41) is 19.2. The number of allylic oxidation sites excluding steroid dienone is 3. The highest BCUT2D eigenvalue weighted by molar-refractivity contribution is 5.75. The first-order valence-electron chi connectivity index (χ1n) is 7.25. The Morgan fingerprint density at radius 1 is 1.14 bits per heavy atom. The second-order valence-corrected chi connectivity index (χ2v) is 6.97. The van der Waals surface area contributed by atoms with Gasteiger partial charge < -0.3 is 5.11 Å². The first kappa shape index (κ1) is 13.9. The Morgan fingerprint density at radius 3 is 2.24 bits per heavy atom. The molecule has 1 atom stereocenters. The average molecular weight is 283 g/mol. The summed E-state index contributed by atoms with van der Waals surface area (Å²) in [7, 11) is 0. The van der Waals surface area contributed by atoms with Gasteiger partial charge in [0.2, 0.25) is 0 Å². The molecule has 0 radical (unpaired) electrons. The van der Waals surface area contributed by atoms with Gasteiger partial charge in [0.15, 0.2) is 0 Å². The fourth-order valence-corrected chi connectivity index (χ4v) is 2.50. The molecule has 0 saturated heterocycles. The normalized spacial score (nSPS) is 23.0. The van der Waals surface area contributed by atoms with E-state index in [4.69, 9.17) is 0 Å². The van der Waals surface area contributed by atoms with E-state index < -0.39 is 0 Å².